The monoisotopic (exact) mass is 518 g/mol. The van der Waals surface area contributed by atoms with Crippen LogP contribution in [0.1, 0.15) is 18.2 Å². The lowest BCUT2D eigenvalue weighted by Gasteiger charge is -2.25. The van der Waals surface area contributed by atoms with E-state index in [1.165, 1.54) is 18.2 Å². The molecule has 0 unspecified atom stereocenters. The summed E-state index contributed by atoms with van der Waals surface area (Å²) in [6.07, 6.45) is 2.26. The van der Waals surface area contributed by atoms with Gasteiger partial charge in [0.2, 0.25) is 0 Å². The van der Waals surface area contributed by atoms with E-state index in [0.717, 1.165) is 15.5 Å². The molecule has 2 aromatic heterocycles. The van der Waals surface area contributed by atoms with Crippen molar-refractivity contribution in [3.8, 4) is 5.82 Å². The molecule has 4 rings (SSSR count). The number of fused-ring (bicyclic) bond motifs is 1. The van der Waals surface area contributed by atoms with Crippen molar-refractivity contribution in [2.24, 2.45) is 0 Å². The van der Waals surface area contributed by atoms with E-state index in [2.05, 4.69) is 10.2 Å². The number of hydrogen-bond donors (Lipinski definition) is 1. The van der Waals surface area contributed by atoms with Gasteiger partial charge in [-0.2, -0.15) is 5.10 Å². The number of anilines is 1. The Morgan fingerprint density at radius 1 is 1.06 bits per heavy atom. The van der Waals surface area contributed by atoms with Crippen molar-refractivity contribution in [1.82, 2.24) is 14.8 Å². The SMILES string of the molecule is CCc1cc2c(ccn2-c2ccc(C)nn2)cc1N(CC(=O)O)S(=O)(=O)c1cc(Cl)cc(Cl)c1. The lowest BCUT2D eigenvalue weighted by atomic mass is 10.1. The van der Waals surface area contributed by atoms with Crippen LogP contribution in [-0.2, 0) is 21.2 Å². The maximum atomic E-state index is 13.6. The first kappa shape index (κ1) is 24.0. The molecular formula is C23H20Cl2N4O4S. The molecule has 0 fully saturated rings. The molecule has 0 spiro atoms. The molecule has 2 heterocycles. The lowest BCUT2D eigenvalue weighted by Crippen LogP contribution is -2.36. The Kier molecular flexibility index (Phi) is 6.53. The van der Waals surface area contributed by atoms with Gasteiger partial charge in [-0.25, -0.2) is 8.42 Å². The van der Waals surface area contributed by atoms with Gasteiger partial charge in [-0.05, 0) is 67.4 Å². The van der Waals surface area contributed by atoms with Crippen molar-refractivity contribution in [2.75, 3.05) is 10.8 Å². The minimum Gasteiger partial charge on any atom is -0.480 e. The number of halogens is 2. The molecule has 1 N–H and O–H groups in total. The molecule has 0 radical (unpaired) electrons. The molecular weight excluding hydrogens is 499 g/mol. The zero-order valence-corrected chi connectivity index (χ0v) is 20.6. The van der Waals surface area contributed by atoms with Gasteiger partial charge in [-0.15, -0.1) is 5.10 Å². The minimum atomic E-state index is -4.29. The summed E-state index contributed by atoms with van der Waals surface area (Å²) in [5.74, 6) is -0.690. The molecule has 2 aromatic carbocycles. The summed E-state index contributed by atoms with van der Waals surface area (Å²) in [4.78, 5) is 11.5. The van der Waals surface area contributed by atoms with Crippen LogP contribution in [-0.4, -0.2) is 40.8 Å². The van der Waals surface area contributed by atoms with Crippen LogP contribution >= 0.6 is 23.2 Å². The molecule has 8 nitrogen and oxygen atoms in total. The molecule has 34 heavy (non-hydrogen) atoms. The second kappa shape index (κ2) is 9.25. The van der Waals surface area contributed by atoms with Gasteiger partial charge in [0.05, 0.1) is 21.8 Å². The number of aliphatic carboxylic acids is 1. The standard InChI is InChI=1S/C23H20Cl2N4O4S/c1-3-15-8-20-16(6-7-28(20)22-5-4-14(2)26-27-22)9-21(15)29(13-23(30)31)34(32,33)19-11-17(24)10-18(25)12-19/h4-12H,3,13H2,1-2H3,(H,30,31). The second-order valence-electron chi connectivity index (χ2n) is 7.62. The molecule has 0 aliphatic rings. The van der Waals surface area contributed by atoms with E-state index >= 15 is 0 Å². The van der Waals surface area contributed by atoms with Crippen molar-refractivity contribution < 1.29 is 18.3 Å². The Morgan fingerprint density at radius 3 is 2.35 bits per heavy atom. The third kappa shape index (κ3) is 4.59. The highest BCUT2D eigenvalue weighted by Crippen LogP contribution is 2.34. The van der Waals surface area contributed by atoms with Crippen LogP contribution in [0.25, 0.3) is 16.7 Å². The summed E-state index contributed by atoms with van der Waals surface area (Å²) in [5.41, 5.74) is 2.48. The molecule has 0 bridgehead atoms. The Bertz CT molecular complexity index is 1480. The predicted molar refractivity (Wildman–Crippen MR) is 132 cm³/mol. The lowest BCUT2D eigenvalue weighted by molar-refractivity contribution is -0.135. The van der Waals surface area contributed by atoms with Gasteiger partial charge in [0.1, 0.15) is 6.54 Å². The van der Waals surface area contributed by atoms with E-state index in [4.69, 9.17) is 23.2 Å². The van der Waals surface area contributed by atoms with Crippen LogP contribution in [0.2, 0.25) is 10.0 Å². The van der Waals surface area contributed by atoms with E-state index in [0.29, 0.717) is 23.2 Å². The Morgan fingerprint density at radius 2 is 1.76 bits per heavy atom. The van der Waals surface area contributed by atoms with Crippen LogP contribution in [0.5, 0.6) is 0 Å². The second-order valence-corrected chi connectivity index (χ2v) is 10.4. The maximum absolute atomic E-state index is 13.6. The average Bonchev–Trinajstić information content (AvgIpc) is 3.19. The molecule has 4 aromatic rings. The number of carboxylic acids is 1. The van der Waals surface area contributed by atoms with E-state index < -0.39 is 22.5 Å². The van der Waals surface area contributed by atoms with Gasteiger partial charge in [-0.1, -0.05) is 30.1 Å². The summed E-state index contributed by atoms with van der Waals surface area (Å²) in [5, 5.41) is 18.8. The van der Waals surface area contributed by atoms with Gasteiger partial charge >= 0.3 is 5.97 Å². The molecule has 0 saturated heterocycles. The van der Waals surface area contributed by atoms with Crippen LogP contribution < -0.4 is 4.31 Å². The topological polar surface area (TPSA) is 105 Å². The number of carboxylic acid groups (broad SMARTS) is 1. The molecule has 0 atom stereocenters. The van der Waals surface area contributed by atoms with E-state index in [1.54, 1.807) is 12.3 Å². The molecule has 11 heteroatoms. The number of sulfonamides is 1. The summed E-state index contributed by atoms with van der Waals surface area (Å²) in [7, 11) is -4.29. The third-order valence-corrected chi connectivity index (χ3v) is 7.45. The summed E-state index contributed by atoms with van der Waals surface area (Å²) < 4.78 is 29.8. The number of rotatable bonds is 7. The van der Waals surface area contributed by atoms with Crippen LogP contribution in [0.4, 0.5) is 5.69 Å². The first-order chi connectivity index (χ1) is 16.1. The van der Waals surface area contributed by atoms with E-state index in [1.807, 2.05) is 42.7 Å². The normalized spacial score (nSPS) is 11.6. The zero-order valence-electron chi connectivity index (χ0n) is 18.2. The first-order valence-corrected chi connectivity index (χ1v) is 12.4. The summed E-state index contributed by atoms with van der Waals surface area (Å²) >= 11 is 12.0. The molecule has 0 aliphatic heterocycles. The molecule has 0 aliphatic carbocycles. The van der Waals surface area contributed by atoms with Gasteiger partial charge in [0, 0.05) is 21.6 Å². The van der Waals surface area contributed by atoms with Crippen molar-refractivity contribution in [1.29, 1.82) is 0 Å². The highest BCUT2D eigenvalue weighted by Gasteiger charge is 2.30. The highest BCUT2D eigenvalue weighted by atomic mass is 35.5. The number of hydrogen-bond acceptors (Lipinski definition) is 5. The van der Waals surface area contributed by atoms with Crippen molar-refractivity contribution in [3.05, 3.63) is 76.0 Å². The quantitative estimate of drug-likeness (QED) is 0.373. The number of aryl methyl sites for hydroxylation is 2. The number of carbonyl (C=O) groups is 1. The van der Waals surface area contributed by atoms with Crippen molar-refractivity contribution in [3.63, 3.8) is 0 Å². The zero-order chi connectivity index (χ0) is 24.6. The minimum absolute atomic E-state index is 0.129. The summed E-state index contributed by atoms with van der Waals surface area (Å²) in [6, 6.07) is 12.9. The average molecular weight is 519 g/mol. The van der Waals surface area contributed by atoms with Gasteiger partial charge < -0.3 is 5.11 Å². The Labute approximate surface area is 206 Å². The van der Waals surface area contributed by atoms with E-state index in [-0.39, 0.29) is 20.6 Å². The molecule has 0 amide bonds. The van der Waals surface area contributed by atoms with Crippen LogP contribution in [0, 0.1) is 6.92 Å². The van der Waals surface area contributed by atoms with Crippen molar-refractivity contribution >= 4 is 55.8 Å². The third-order valence-electron chi connectivity index (χ3n) is 5.27. The first-order valence-electron chi connectivity index (χ1n) is 10.3. The smallest absolute Gasteiger partial charge is 0.324 e. The fourth-order valence-electron chi connectivity index (χ4n) is 3.68. The molecule has 0 saturated carbocycles. The summed E-state index contributed by atoms with van der Waals surface area (Å²) in [6.45, 7) is 2.94. The number of benzene rings is 2. The number of aromatic nitrogens is 3. The molecule has 176 valence electrons. The van der Waals surface area contributed by atoms with Crippen LogP contribution in [0.3, 0.4) is 0 Å². The van der Waals surface area contributed by atoms with Crippen LogP contribution in [0.15, 0.2) is 59.6 Å². The maximum Gasteiger partial charge on any atom is 0.324 e. The van der Waals surface area contributed by atoms with Gasteiger partial charge in [0.15, 0.2) is 5.82 Å². The van der Waals surface area contributed by atoms with Gasteiger partial charge in [0.25, 0.3) is 10.0 Å². The Hall–Kier alpha value is -3.14. The fourth-order valence-corrected chi connectivity index (χ4v) is 5.85. The highest BCUT2D eigenvalue weighted by molar-refractivity contribution is 7.92. The van der Waals surface area contributed by atoms with Gasteiger partial charge in [-0.3, -0.25) is 13.7 Å². The van der Waals surface area contributed by atoms with E-state index in [9.17, 15) is 18.3 Å². The number of nitrogens with zero attached hydrogens (tertiary/aromatic N) is 4. The Balaban J connectivity index is 1.90. The largest absolute Gasteiger partial charge is 0.480 e. The van der Waals surface area contributed by atoms with Crippen molar-refractivity contribution in [2.45, 2.75) is 25.2 Å². The fraction of sp³-hybridized carbons (Fsp3) is 0.174. The predicted octanol–water partition coefficient (Wildman–Crippen LogP) is 4.88.